The summed E-state index contributed by atoms with van der Waals surface area (Å²) >= 11 is 0. The van der Waals surface area contributed by atoms with E-state index in [1.165, 1.54) is 12.1 Å². The molecule has 4 heteroatoms. The highest BCUT2D eigenvalue weighted by Gasteiger charge is 2.17. The van der Waals surface area contributed by atoms with Crippen LogP contribution in [0.25, 0.3) is 0 Å². The number of nitrogens with two attached hydrogens (primary N) is 1. The highest BCUT2D eigenvalue weighted by Crippen LogP contribution is 2.25. The fourth-order valence-electron chi connectivity index (χ4n) is 1.86. The van der Waals surface area contributed by atoms with Gasteiger partial charge in [0.25, 0.3) is 0 Å². The molecule has 0 saturated carbocycles. The number of nitrogens with zero attached hydrogens (tertiary/aromatic N) is 1. The molecule has 0 heterocycles. The van der Waals surface area contributed by atoms with Crippen molar-refractivity contribution in [1.82, 2.24) is 0 Å². The van der Waals surface area contributed by atoms with Crippen LogP contribution in [0.2, 0.25) is 0 Å². The van der Waals surface area contributed by atoms with Crippen LogP contribution in [0.1, 0.15) is 26.3 Å². The van der Waals surface area contributed by atoms with Crippen LogP contribution in [0, 0.1) is 17.6 Å². The molecule has 0 fully saturated rings. The molecule has 0 aromatic heterocycles. The molecule has 0 aliphatic rings. The van der Waals surface area contributed by atoms with Crippen molar-refractivity contribution in [3.05, 3.63) is 29.3 Å². The standard InChI is InChI=1S/C13H20F2N2/c1-4-17(8-9(2)3)13-11(14)5-10(7-16)6-12(13)15/h5-6,9H,4,7-8,16H2,1-3H3. The monoisotopic (exact) mass is 242 g/mol. The summed E-state index contributed by atoms with van der Waals surface area (Å²) in [6.45, 7) is 7.28. The summed E-state index contributed by atoms with van der Waals surface area (Å²) < 4.78 is 27.7. The lowest BCUT2D eigenvalue weighted by molar-refractivity contribution is 0.549. The third-order valence-electron chi connectivity index (χ3n) is 2.60. The first-order chi connectivity index (χ1) is 7.99. The molecule has 0 amide bonds. The predicted molar refractivity (Wildman–Crippen MR) is 67.0 cm³/mol. The van der Waals surface area contributed by atoms with E-state index in [1.54, 1.807) is 4.90 Å². The Morgan fingerprint density at radius 2 is 1.76 bits per heavy atom. The zero-order chi connectivity index (χ0) is 13.0. The predicted octanol–water partition coefficient (Wildman–Crippen LogP) is 2.91. The van der Waals surface area contributed by atoms with E-state index < -0.39 is 11.6 Å². The molecule has 0 radical (unpaired) electrons. The normalized spacial score (nSPS) is 11.0. The molecule has 17 heavy (non-hydrogen) atoms. The quantitative estimate of drug-likeness (QED) is 0.860. The number of rotatable bonds is 5. The van der Waals surface area contributed by atoms with Gasteiger partial charge in [0, 0.05) is 19.6 Å². The summed E-state index contributed by atoms with van der Waals surface area (Å²) in [5.74, 6) is -0.719. The molecular weight excluding hydrogens is 222 g/mol. The molecule has 0 aliphatic carbocycles. The number of benzene rings is 1. The topological polar surface area (TPSA) is 29.3 Å². The van der Waals surface area contributed by atoms with Crippen LogP contribution in [0.5, 0.6) is 0 Å². The third kappa shape index (κ3) is 3.40. The Morgan fingerprint density at radius 1 is 1.24 bits per heavy atom. The van der Waals surface area contributed by atoms with Crippen molar-refractivity contribution >= 4 is 5.69 Å². The van der Waals surface area contributed by atoms with E-state index in [-0.39, 0.29) is 12.2 Å². The van der Waals surface area contributed by atoms with Crippen LogP contribution in [-0.4, -0.2) is 13.1 Å². The van der Waals surface area contributed by atoms with Crippen LogP contribution < -0.4 is 10.6 Å². The largest absolute Gasteiger partial charge is 0.367 e. The Bertz CT molecular complexity index is 355. The van der Waals surface area contributed by atoms with E-state index in [2.05, 4.69) is 0 Å². The molecule has 1 aromatic carbocycles. The zero-order valence-electron chi connectivity index (χ0n) is 10.6. The number of hydrogen-bond donors (Lipinski definition) is 1. The van der Waals surface area contributed by atoms with E-state index in [0.717, 1.165) is 0 Å². The van der Waals surface area contributed by atoms with Gasteiger partial charge in [-0.2, -0.15) is 0 Å². The van der Waals surface area contributed by atoms with Crippen LogP contribution in [-0.2, 0) is 6.54 Å². The summed E-state index contributed by atoms with van der Waals surface area (Å²) in [7, 11) is 0. The SMILES string of the molecule is CCN(CC(C)C)c1c(F)cc(CN)cc1F. The van der Waals surface area contributed by atoms with E-state index in [4.69, 9.17) is 5.73 Å². The molecule has 0 unspecified atom stereocenters. The van der Waals surface area contributed by atoms with Crippen molar-refractivity contribution in [2.24, 2.45) is 11.7 Å². The molecule has 0 atom stereocenters. The van der Waals surface area contributed by atoms with Crippen molar-refractivity contribution < 1.29 is 8.78 Å². The van der Waals surface area contributed by atoms with Crippen molar-refractivity contribution in [3.63, 3.8) is 0 Å². The minimum atomic E-state index is -0.534. The van der Waals surface area contributed by atoms with Crippen molar-refractivity contribution in [2.45, 2.75) is 27.3 Å². The van der Waals surface area contributed by atoms with Gasteiger partial charge in [-0.05, 0) is 30.5 Å². The highest BCUT2D eigenvalue weighted by molar-refractivity contribution is 5.50. The Kier molecular flexibility index (Phi) is 4.87. The summed E-state index contributed by atoms with van der Waals surface area (Å²) in [5.41, 5.74) is 5.91. The van der Waals surface area contributed by atoms with Crippen molar-refractivity contribution in [2.75, 3.05) is 18.0 Å². The van der Waals surface area contributed by atoms with Crippen molar-refractivity contribution in [1.29, 1.82) is 0 Å². The summed E-state index contributed by atoms with van der Waals surface area (Å²) in [4.78, 5) is 1.72. The smallest absolute Gasteiger partial charge is 0.149 e. The molecule has 1 rings (SSSR count). The second-order valence-electron chi connectivity index (χ2n) is 4.54. The zero-order valence-corrected chi connectivity index (χ0v) is 10.6. The van der Waals surface area contributed by atoms with E-state index in [9.17, 15) is 8.78 Å². The maximum absolute atomic E-state index is 13.8. The first-order valence-electron chi connectivity index (χ1n) is 5.92. The Balaban J connectivity index is 3.10. The number of hydrogen-bond acceptors (Lipinski definition) is 2. The molecule has 0 saturated heterocycles. The molecule has 2 N–H and O–H groups in total. The second-order valence-corrected chi connectivity index (χ2v) is 4.54. The lowest BCUT2D eigenvalue weighted by Crippen LogP contribution is -2.29. The lowest BCUT2D eigenvalue weighted by atomic mass is 10.1. The van der Waals surface area contributed by atoms with Gasteiger partial charge in [-0.3, -0.25) is 0 Å². The van der Waals surface area contributed by atoms with Crippen LogP contribution >= 0.6 is 0 Å². The Morgan fingerprint density at radius 3 is 2.12 bits per heavy atom. The van der Waals surface area contributed by atoms with Gasteiger partial charge >= 0.3 is 0 Å². The summed E-state index contributed by atoms with van der Waals surface area (Å²) in [6.07, 6.45) is 0. The fourth-order valence-corrected chi connectivity index (χ4v) is 1.86. The van der Waals surface area contributed by atoms with Gasteiger partial charge in [0.05, 0.1) is 0 Å². The molecule has 0 aliphatic heterocycles. The van der Waals surface area contributed by atoms with Gasteiger partial charge in [0.15, 0.2) is 0 Å². The molecule has 96 valence electrons. The fraction of sp³-hybridized carbons (Fsp3) is 0.538. The summed E-state index contributed by atoms with van der Waals surface area (Å²) in [5, 5.41) is 0. The van der Waals surface area contributed by atoms with Crippen LogP contribution in [0.15, 0.2) is 12.1 Å². The number of anilines is 1. The van der Waals surface area contributed by atoms with Gasteiger partial charge in [-0.15, -0.1) is 0 Å². The average molecular weight is 242 g/mol. The molecule has 2 nitrogen and oxygen atoms in total. The van der Waals surface area contributed by atoms with E-state index >= 15 is 0 Å². The minimum Gasteiger partial charge on any atom is -0.367 e. The first-order valence-corrected chi connectivity index (χ1v) is 5.92. The van der Waals surface area contributed by atoms with E-state index in [1.807, 2.05) is 20.8 Å². The van der Waals surface area contributed by atoms with Crippen LogP contribution in [0.4, 0.5) is 14.5 Å². The molecular formula is C13H20F2N2. The van der Waals surface area contributed by atoms with Gasteiger partial charge in [0.1, 0.15) is 17.3 Å². The Labute approximate surface area is 101 Å². The highest BCUT2D eigenvalue weighted by atomic mass is 19.1. The number of halogens is 2. The van der Waals surface area contributed by atoms with Gasteiger partial charge in [-0.1, -0.05) is 13.8 Å². The maximum atomic E-state index is 13.8. The first kappa shape index (κ1) is 13.9. The molecule has 0 spiro atoms. The van der Waals surface area contributed by atoms with E-state index in [0.29, 0.717) is 24.6 Å². The summed E-state index contributed by atoms with van der Waals surface area (Å²) in [6, 6.07) is 2.61. The van der Waals surface area contributed by atoms with Crippen LogP contribution in [0.3, 0.4) is 0 Å². The minimum absolute atomic E-state index is 0.0541. The average Bonchev–Trinajstić information content (AvgIpc) is 2.25. The maximum Gasteiger partial charge on any atom is 0.149 e. The van der Waals surface area contributed by atoms with Gasteiger partial charge in [-0.25, -0.2) is 8.78 Å². The van der Waals surface area contributed by atoms with Crippen molar-refractivity contribution in [3.8, 4) is 0 Å². The molecule has 1 aromatic rings. The molecule has 0 bridgehead atoms. The van der Waals surface area contributed by atoms with Gasteiger partial charge in [0.2, 0.25) is 0 Å². The van der Waals surface area contributed by atoms with Gasteiger partial charge < -0.3 is 10.6 Å². The Hall–Kier alpha value is -1.16. The lowest BCUT2D eigenvalue weighted by Gasteiger charge is -2.26. The third-order valence-corrected chi connectivity index (χ3v) is 2.60. The second kappa shape index (κ2) is 5.96.